The topological polar surface area (TPSA) is 76.1 Å². The van der Waals surface area contributed by atoms with E-state index in [-0.39, 0.29) is 11.5 Å². The van der Waals surface area contributed by atoms with Crippen molar-refractivity contribution >= 4 is 15.8 Å². The van der Waals surface area contributed by atoms with Crippen LogP contribution in [0.4, 0.5) is 5.95 Å². The lowest BCUT2D eigenvalue weighted by Crippen LogP contribution is -2.41. The number of hydrogen-bond donors (Lipinski definition) is 0. The molecule has 2 rings (SSSR count). The van der Waals surface area contributed by atoms with Crippen LogP contribution in [-0.4, -0.2) is 48.2 Å². The van der Waals surface area contributed by atoms with E-state index < -0.39 is 9.84 Å². The number of aryl methyl sites for hydroxylation is 2. The smallest absolute Gasteiger partial charge is 0.245 e. The Kier molecular flexibility index (Phi) is 3.79. The van der Waals surface area contributed by atoms with Crippen LogP contribution in [0.2, 0.25) is 0 Å². The number of rotatable bonds is 3. The molecule has 0 aliphatic carbocycles. The number of aromatic nitrogens is 3. The first-order chi connectivity index (χ1) is 8.55. The number of nitrogens with zero attached hydrogens (tertiary/aromatic N) is 4. The molecule has 6 nitrogen and oxygen atoms in total. The molecule has 0 unspecified atom stereocenters. The molecule has 1 aromatic heterocycles. The Labute approximate surface area is 107 Å². The van der Waals surface area contributed by atoms with Crippen LogP contribution < -0.4 is 4.90 Å². The fourth-order valence-electron chi connectivity index (χ4n) is 1.97. The predicted molar refractivity (Wildman–Crippen MR) is 69.4 cm³/mol. The molecule has 0 N–H and O–H groups in total. The van der Waals surface area contributed by atoms with Gasteiger partial charge in [0.1, 0.15) is 0 Å². The summed E-state index contributed by atoms with van der Waals surface area (Å²) in [6, 6.07) is 0. The Hall–Kier alpha value is -1.24. The zero-order valence-electron chi connectivity index (χ0n) is 10.8. The molecule has 0 radical (unpaired) electrons. The van der Waals surface area contributed by atoms with Crippen molar-refractivity contribution in [2.45, 2.75) is 26.7 Å². The molecule has 0 spiro atoms. The summed E-state index contributed by atoms with van der Waals surface area (Å²) in [6.45, 7) is 4.98. The van der Waals surface area contributed by atoms with E-state index in [0.29, 0.717) is 19.0 Å². The monoisotopic (exact) mass is 270 g/mol. The van der Waals surface area contributed by atoms with Crippen LogP contribution in [0.5, 0.6) is 0 Å². The Morgan fingerprint density at radius 3 is 2.22 bits per heavy atom. The van der Waals surface area contributed by atoms with Gasteiger partial charge in [0.05, 0.1) is 22.9 Å². The van der Waals surface area contributed by atoms with Gasteiger partial charge in [-0.05, 0) is 12.8 Å². The summed E-state index contributed by atoms with van der Waals surface area (Å²) in [7, 11) is -2.87. The van der Waals surface area contributed by atoms with Crippen LogP contribution in [0, 0.1) is 0 Å². The van der Waals surface area contributed by atoms with Crippen molar-refractivity contribution in [3.8, 4) is 0 Å². The Bertz CT molecular complexity index is 516. The van der Waals surface area contributed by atoms with E-state index in [0.717, 1.165) is 24.2 Å². The quantitative estimate of drug-likeness (QED) is 0.782. The molecule has 1 aliphatic heterocycles. The summed E-state index contributed by atoms with van der Waals surface area (Å²) in [5.41, 5.74) is 1.88. The summed E-state index contributed by atoms with van der Waals surface area (Å²) >= 11 is 0. The molecule has 1 saturated heterocycles. The maximum Gasteiger partial charge on any atom is 0.245 e. The highest BCUT2D eigenvalue weighted by Crippen LogP contribution is 2.14. The van der Waals surface area contributed by atoms with E-state index in [1.165, 1.54) is 0 Å². The van der Waals surface area contributed by atoms with Crippen LogP contribution in [-0.2, 0) is 22.7 Å². The first kappa shape index (κ1) is 13.2. The standard InChI is InChI=1S/C11H18N4O2S/c1-3-9-10(4-2)13-14-11(12-9)15-5-7-18(16,17)8-6-15/h3-8H2,1-2H3. The molecular formula is C11H18N4O2S. The van der Waals surface area contributed by atoms with Gasteiger partial charge in [-0.1, -0.05) is 13.8 Å². The Morgan fingerprint density at radius 2 is 1.67 bits per heavy atom. The number of anilines is 1. The highest BCUT2D eigenvalue weighted by molar-refractivity contribution is 7.91. The van der Waals surface area contributed by atoms with Gasteiger partial charge in [0.2, 0.25) is 5.95 Å². The largest absolute Gasteiger partial charge is 0.337 e. The molecule has 2 heterocycles. The van der Waals surface area contributed by atoms with Crippen LogP contribution in [0.3, 0.4) is 0 Å². The van der Waals surface area contributed by atoms with Gasteiger partial charge < -0.3 is 4.90 Å². The third-order valence-corrected chi connectivity index (χ3v) is 4.73. The van der Waals surface area contributed by atoms with Gasteiger partial charge in [0.15, 0.2) is 9.84 Å². The maximum absolute atomic E-state index is 11.4. The fraction of sp³-hybridized carbons (Fsp3) is 0.727. The minimum absolute atomic E-state index is 0.174. The second kappa shape index (κ2) is 5.17. The summed E-state index contributed by atoms with van der Waals surface area (Å²) in [5.74, 6) is 0.902. The summed E-state index contributed by atoms with van der Waals surface area (Å²) in [6.07, 6.45) is 1.63. The molecule has 0 atom stereocenters. The van der Waals surface area contributed by atoms with Crippen molar-refractivity contribution in [2.75, 3.05) is 29.5 Å². The lowest BCUT2D eigenvalue weighted by molar-refractivity contribution is 0.584. The van der Waals surface area contributed by atoms with Gasteiger partial charge in [-0.25, -0.2) is 13.4 Å². The van der Waals surface area contributed by atoms with Gasteiger partial charge in [-0.15, -0.1) is 5.10 Å². The summed E-state index contributed by atoms with van der Waals surface area (Å²) in [4.78, 5) is 6.39. The molecule has 0 aromatic carbocycles. The predicted octanol–water partition coefficient (Wildman–Crippen LogP) is 0.231. The van der Waals surface area contributed by atoms with Gasteiger partial charge in [-0.2, -0.15) is 5.10 Å². The highest BCUT2D eigenvalue weighted by Gasteiger charge is 2.23. The van der Waals surface area contributed by atoms with E-state index in [1.54, 1.807) is 0 Å². The zero-order valence-corrected chi connectivity index (χ0v) is 11.6. The summed E-state index contributed by atoms with van der Waals surface area (Å²) < 4.78 is 22.7. The fourth-order valence-corrected chi connectivity index (χ4v) is 3.18. The van der Waals surface area contributed by atoms with E-state index >= 15 is 0 Å². The van der Waals surface area contributed by atoms with E-state index in [1.807, 2.05) is 18.7 Å². The average molecular weight is 270 g/mol. The number of hydrogen-bond acceptors (Lipinski definition) is 6. The lowest BCUT2D eigenvalue weighted by atomic mass is 10.2. The minimum Gasteiger partial charge on any atom is -0.337 e. The second-order valence-corrected chi connectivity index (χ2v) is 6.65. The molecule has 100 valence electrons. The zero-order chi connectivity index (χ0) is 13.2. The molecule has 1 aromatic rings. The molecule has 0 amide bonds. The van der Waals surface area contributed by atoms with Crippen LogP contribution in [0.1, 0.15) is 25.2 Å². The minimum atomic E-state index is -2.87. The molecule has 1 fully saturated rings. The van der Waals surface area contributed by atoms with Crippen molar-refractivity contribution in [1.29, 1.82) is 0 Å². The molecule has 18 heavy (non-hydrogen) atoms. The molecule has 1 aliphatic rings. The van der Waals surface area contributed by atoms with Crippen molar-refractivity contribution in [2.24, 2.45) is 0 Å². The van der Waals surface area contributed by atoms with E-state index in [4.69, 9.17) is 0 Å². The average Bonchev–Trinajstić information content (AvgIpc) is 2.38. The highest BCUT2D eigenvalue weighted by atomic mass is 32.2. The van der Waals surface area contributed by atoms with Crippen molar-refractivity contribution < 1.29 is 8.42 Å². The molecule has 0 saturated carbocycles. The van der Waals surface area contributed by atoms with Gasteiger partial charge in [0.25, 0.3) is 0 Å². The second-order valence-electron chi connectivity index (χ2n) is 4.35. The molecular weight excluding hydrogens is 252 g/mol. The van der Waals surface area contributed by atoms with Gasteiger partial charge in [0, 0.05) is 13.1 Å². The number of sulfone groups is 1. The molecule has 7 heteroatoms. The van der Waals surface area contributed by atoms with Crippen LogP contribution >= 0.6 is 0 Å². The SMILES string of the molecule is CCc1nnc(N2CCS(=O)(=O)CC2)nc1CC. The first-order valence-electron chi connectivity index (χ1n) is 6.23. The Morgan fingerprint density at radius 1 is 1.06 bits per heavy atom. The van der Waals surface area contributed by atoms with E-state index in [2.05, 4.69) is 15.2 Å². The normalized spacial score (nSPS) is 18.9. The Balaban J connectivity index is 2.19. The summed E-state index contributed by atoms with van der Waals surface area (Å²) in [5, 5.41) is 8.28. The molecule has 0 bridgehead atoms. The third-order valence-electron chi connectivity index (χ3n) is 3.13. The third kappa shape index (κ3) is 2.77. The maximum atomic E-state index is 11.4. The van der Waals surface area contributed by atoms with Gasteiger partial charge >= 0.3 is 0 Å². The van der Waals surface area contributed by atoms with Crippen molar-refractivity contribution in [3.05, 3.63) is 11.4 Å². The van der Waals surface area contributed by atoms with E-state index in [9.17, 15) is 8.42 Å². The lowest BCUT2D eigenvalue weighted by Gasteiger charge is -2.26. The van der Waals surface area contributed by atoms with Crippen molar-refractivity contribution in [1.82, 2.24) is 15.2 Å². The van der Waals surface area contributed by atoms with Crippen LogP contribution in [0.25, 0.3) is 0 Å². The van der Waals surface area contributed by atoms with Crippen molar-refractivity contribution in [3.63, 3.8) is 0 Å². The van der Waals surface area contributed by atoms with Gasteiger partial charge in [-0.3, -0.25) is 0 Å². The van der Waals surface area contributed by atoms with Crippen LogP contribution in [0.15, 0.2) is 0 Å². The first-order valence-corrected chi connectivity index (χ1v) is 8.05.